The number of morpholine rings is 1. The number of nitrogens with one attached hydrogen (secondary N) is 1. The van der Waals surface area contributed by atoms with E-state index in [2.05, 4.69) is 23.7 Å². The zero-order chi connectivity index (χ0) is 26.4. The maximum Gasteiger partial charge on any atom is 0.327 e. The van der Waals surface area contributed by atoms with Crippen LogP contribution in [0.3, 0.4) is 0 Å². The van der Waals surface area contributed by atoms with Gasteiger partial charge in [0.05, 0.1) is 29.8 Å². The molecule has 1 N–H and O–H groups in total. The standard InChI is InChI=1S/C30H29F2N3O3/c1-30(2,18-34-10-12-37-13-11-34)35-27-9-6-19(15-26(27)33-29(35)36)14-23-21-4-3-5-25(32)24(21)17-38-28-16-20(31)7-8-22(23)28/h3-9,14-16H,10-13,17-18H2,1-2H3,(H,33,36)/b23-14+. The van der Waals surface area contributed by atoms with Gasteiger partial charge in [-0.05, 0) is 67.0 Å². The summed E-state index contributed by atoms with van der Waals surface area (Å²) in [6.45, 7) is 7.95. The predicted molar refractivity (Wildman–Crippen MR) is 143 cm³/mol. The van der Waals surface area contributed by atoms with Gasteiger partial charge in [-0.25, -0.2) is 13.6 Å². The van der Waals surface area contributed by atoms with Gasteiger partial charge in [0.1, 0.15) is 24.0 Å². The second-order valence-electron chi connectivity index (χ2n) is 10.5. The predicted octanol–water partition coefficient (Wildman–Crippen LogP) is 5.16. The highest BCUT2D eigenvalue weighted by molar-refractivity contribution is 5.95. The average molecular weight is 518 g/mol. The van der Waals surface area contributed by atoms with Crippen molar-refractivity contribution < 1.29 is 18.3 Å². The van der Waals surface area contributed by atoms with Crippen molar-refractivity contribution in [1.29, 1.82) is 0 Å². The molecular formula is C30H29F2N3O3. The second kappa shape index (κ2) is 9.53. The first kappa shape index (κ1) is 24.6. The Hall–Kier alpha value is -3.75. The molecule has 8 heteroatoms. The Morgan fingerprint density at radius 2 is 1.84 bits per heavy atom. The molecule has 0 spiro atoms. The van der Waals surface area contributed by atoms with Crippen molar-refractivity contribution in [3.63, 3.8) is 0 Å². The minimum Gasteiger partial charge on any atom is -0.488 e. The molecule has 2 aliphatic rings. The molecule has 0 radical (unpaired) electrons. The minimum absolute atomic E-state index is 0.00320. The van der Waals surface area contributed by atoms with Gasteiger partial charge in [-0.2, -0.15) is 0 Å². The number of benzene rings is 3. The number of nitrogens with zero attached hydrogens (tertiary/aromatic N) is 2. The first-order chi connectivity index (χ1) is 18.3. The lowest BCUT2D eigenvalue weighted by Gasteiger charge is -2.35. The molecular weight excluding hydrogens is 488 g/mol. The van der Waals surface area contributed by atoms with Crippen molar-refractivity contribution in [3.8, 4) is 5.75 Å². The molecule has 6 rings (SSSR count). The van der Waals surface area contributed by atoms with E-state index in [4.69, 9.17) is 9.47 Å². The van der Waals surface area contributed by atoms with E-state index >= 15 is 0 Å². The van der Waals surface area contributed by atoms with E-state index in [1.165, 1.54) is 18.2 Å². The maximum absolute atomic E-state index is 14.8. The van der Waals surface area contributed by atoms with Crippen LogP contribution in [-0.2, 0) is 16.9 Å². The summed E-state index contributed by atoms with van der Waals surface area (Å²) in [5.41, 5.74) is 4.24. The number of fused-ring (bicyclic) bond motifs is 3. The summed E-state index contributed by atoms with van der Waals surface area (Å²) in [6.07, 6.45) is 1.93. The Bertz CT molecular complexity index is 1610. The lowest BCUT2D eigenvalue weighted by atomic mass is 9.92. The molecule has 0 atom stereocenters. The van der Waals surface area contributed by atoms with E-state index in [0.29, 0.717) is 41.2 Å². The molecule has 1 fully saturated rings. The third kappa shape index (κ3) is 4.44. The molecule has 6 nitrogen and oxygen atoms in total. The molecule has 0 amide bonds. The van der Waals surface area contributed by atoms with Gasteiger partial charge in [0.2, 0.25) is 0 Å². The van der Waals surface area contributed by atoms with E-state index in [1.54, 1.807) is 12.1 Å². The molecule has 3 aromatic carbocycles. The van der Waals surface area contributed by atoms with Crippen LogP contribution in [0.1, 0.15) is 36.1 Å². The van der Waals surface area contributed by atoms with Gasteiger partial charge in [0.25, 0.3) is 0 Å². The molecule has 38 heavy (non-hydrogen) atoms. The summed E-state index contributed by atoms with van der Waals surface area (Å²) in [5.74, 6) is -0.437. The number of aromatic nitrogens is 2. The molecule has 0 aliphatic carbocycles. The molecule has 4 aromatic rings. The SMILES string of the molecule is CC(C)(CN1CCOCC1)n1c(=O)[nH]c2cc(/C=C3/c4ccc(F)cc4OCc4c(F)cccc43)ccc21. The quantitative estimate of drug-likeness (QED) is 0.407. The van der Waals surface area contributed by atoms with Gasteiger partial charge in [-0.15, -0.1) is 0 Å². The second-order valence-corrected chi connectivity index (χ2v) is 10.5. The highest BCUT2D eigenvalue weighted by Gasteiger charge is 2.29. The summed E-state index contributed by atoms with van der Waals surface area (Å²) in [7, 11) is 0. The molecule has 0 bridgehead atoms. The van der Waals surface area contributed by atoms with E-state index in [-0.39, 0.29) is 18.1 Å². The highest BCUT2D eigenvalue weighted by atomic mass is 19.1. The Kier molecular flexibility index (Phi) is 6.16. The van der Waals surface area contributed by atoms with Crippen molar-refractivity contribution in [1.82, 2.24) is 14.5 Å². The van der Waals surface area contributed by atoms with Gasteiger partial charge < -0.3 is 14.5 Å². The van der Waals surface area contributed by atoms with Crippen LogP contribution in [0.15, 0.2) is 59.4 Å². The Morgan fingerprint density at radius 3 is 2.66 bits per heavy atom. The summed E-state index contributed by atoms with van der Waals surface area (Å²) >= 11 is 0. The smallest absolute Gasteiger partial charge is 0.327 e. The Morgan fingerprint density at radius 1 is 1.03 bits per heavy atom. The van der Waals surface area contributed by atoms with Gasteiger partial charge in [-0.3, -0.25) is 9.47 Å². The third-order valence-corrected chi connectivity index (χ3v) is 7.35. The van der Waals surface area contributed by atoms with Crippen LogP contribution < -0.4 is 10.4 Å². The molecule has 2 aliphatic heterocycles. The zero-order valence-corrected chi connectivity index (χ0v) is 21.4. The zero-order valence-electron chi connectivity index (χ0n) is 21.4. The molecule has 1 saturated heterocycles. The summed E-state index contributed by atoms with van der Waals surface area (Å²) in [4.78, 5) is 18.5. The number of rotatable bonds is 4. The summed E-state index contributed by atoms with van der Waals surface area (Å²) in [5, 5.41) is 0. The third-order valence-electron chi connectivity index (χ3n) is 7.35. The van der Waals surface area contributed by atoms with Crippen LogP contribution in [0.25, 0.3) is 22.7 Å². The number of H-pyrrole nitrogens is 1. The summed E-state index contributed by atoms with van der Waals surface area (Å²) < 4.78 is 41.9. The van der Waals surface area contributed by atoms with Crippen molar-refractivity contribution >= 4 is 22.7 Å². The number of hydrogen-bond donors (Lipinski definition) is 1. The number of ether oxygens (including phenoxy) is 2. The van der Waals surface area contributed by atoms with E-state index in [9.17, 15) is 13.6 Å². The van der Waals surface area contributed by atoms with Crippen LogP contribution in [0.2, 0.25) is 0 Å². The number of imidazole rings is 1. The van der Waals surface area contributed by atoms with Gasteiger partial charge in [0.15, 0.2) is 0 Å². The van der Waals surface area contributed by atoms with Crippen LogP contribution in [0.4, 0.5) is 8.78 Å². The van der Waals surface area contributed by atoms with Gasteiger partial charge in [0, 0.05) is 36.8 Å². The Balaban J connectivity index is 1.44. The first-order valence-electron chi connectivity index (χ1n) is 12.8. The lowest BCUT2D eigenvalue weighted by molar-refractivity contribution is 0.0229. The molecule has 0 saturated carbocycles. The highest BCUT2D eigenvalue weighted by Crippen LogP contribution is 2.39. The minimum atomic E-state index is -0.440. The van der Waals surface area contributed by atoms with E-state index in [1.807, 2.05) is 34.9 Å². The van der Waals surface area contributed by atoms with Gasteiger partial charge >= 0.3 is 5.69 Å². The van der Waals surface area contributed by atoms with Crippen molar-refractivity contribution in [3.05, 3.63) is 99.0 Å². The topological polar surface area (TPSA) is 59.5 Å². The van der Waals surface area contributed by atoms with E-state index in [0.717, 1.165) is 36.3 Å². The van der Waals surface area contributed by atoms with Gasteiger partial charge in [-0.1, -0.05) is 18.2 Å². The first-order valence-corrected chi connectivity index (χ1v) is 12.8. The van der Waals surface area contributed by atoms with Crippen molar-refractivity contribution in [2.75, 3.05) is 32.8 Å². The molecule has 0 unspecified atom stereocenters. The molecule has 3 heterocycles. The normalized spacial score (nSPS) is 17.2. The fourth-order valence-electron chi connectivity index (χ4n) is 5.61. The van der Waals surface area contributed by atoms with E-state index < -0.39 is 11.4 Å². The summed E-state index contributed by atoms with van der Waals surface area (Å²) in [6, 6.07) is 15.0. The molecule has 1 aromatic heterocycles. The number of halogens is 2. The monoisotopic (exact) mass is 517 g/mol. The van der Waals surface area contributed by atoms with Crippen LogP contribution >= 0.6 is 0 Å². The average Bonchev–Trinajstić information content (AvgIpc) is 3.14. The number of hydrogen-bond acceptors (Lipinski definition) is 4. The fraction of sp³-hybridized carbons (Fsp3) is 0.300. The van der Waals surface area contributed by atoms with Crippen LogP contribution in [0, 0.1) is 11.6 Å². The molecule has 196 valence electrons. The number of aromatic amines is 1. The Labute approximate surface area is 219 Å². The van der Waals surface area contributed by atoms with Crippen molar-refractivity contribution in [2.45, 2.75) is 26.0 Å². The fourth-order valence-corrected chi connectivity index (χ4v) is 5.61. The lowest BCUT2D eigenvalue weighted by Crippen LogP contribution is -2.48. The largest absolute Gasteiger partial charge is 0.488 e. The van der Waals surface area contributed by atoms with Crippen LogP contribution in [-0.4, -0.2) is 47.3 Å². The van der Waals surface area contributed by atoms with Crippen molar-refractivity contribution in [2.24, 2.45) is 0 Å². The maximum atomic E-state index is 14.8. The van der Waals surface area contributed by atoms with Crippen LogP contribution in [0.5, 0.6) is 5.75 Å².